The molecule has 1 atom stereocenters. The van der Waals surface area contributed by atoms with Crippen LogP contribution in [0.5, 0.6) is 0 Å². The summed E-state index contributed by atoms with van der Waals surface area (Å²) in [6.45, 7) is 4.48. The molecule has 2 aromatic rings. The molecule has 4 nitrogen and oxygen atoms in total. The van der Waals surface area contributed by atoms with E-state index >= 15 is 0 Å². The van der Waals surface area contributed by atoms with Crippen LogP contribution in [-0.2, 0) is 10.5 Å². The van der Waals surface area contributed by atoms with E-state index in [1.807, 2.05) is 18.7 Å². The third-order valence-electron chi connectivity index (χ3n) is 3.87. The zero-order chi connectivity index (χ0) is 15.9. The summed E-state index contributed by atoms with van der Waals surface area (Å²) >= 11 is 1.93. The Kier molecular flexibility index (Phi) is 5.88. The number of benzene rings is 1. The minimum atomic E-state index is 0.421. The predicted molar refractivity (Wildman–Crippen MR) is 96.0 cm³/mol. The van der Waals surface area contributed by atoms with Crippen molar-refractivity contribution in [2.45, 2.75) is 25.0 Å². The van der Waals surface area contributed by atoms with Gasteiger partial charge in [-0.1, -0.05) is 30.3 Å². The number of nitrogens with one attached hydrogen (secondary N) is 1. The molecular weight excluding hydrogens is 306 g/mol. The Morgan fingerprint density at radius 3 is 2.91 bits per heavy atom. The van der Waals surface area contributed by atoms with Crippen molar-refractivity contribution in [1.82, 2.24) is 9.97 Å². The molecule has 2 heterocycles. The Morgan fingerprint density at radius 2 is 2.13 bits per heavy atom. The molecule has 5 heteroatoms. The highest BCUT2D eigenvalue weighted by molar-refractivity contribution is 7.98. The molecule has 1 aliphatic rings. The fraction of sp³-hybridized carbons (Fsp3) is 0.444. The lowest BCUT2D eigenvalue weighted by molar-refractivity contribution is 0.193. The molecule has 1 aromatic carbocycles. The standard InChI is InChI=1S/C18H23N3OS/c1-14-20-17(16-7-9-22-12-16)11-18(21-14)19-8-10-23-13-15-5-3-2-4-6-15/h2-6,11,16H,7-10,12-13H2,1H3,(H,19,20,21)/t16-/m1/s1. The number of aromatic nitrogens is 2. The van der Waals surface area contributed by atoms with Gasteiger partial charge in [0.15, 0.2) is 0 Å². The first-order valence-corrected chi connectivity index (χ1v) is 9.25. The summed E-state index contributed by atoms with van der Waals surface area (Å²) in [5.41, 5.74) is 2.48. The Bertz CT molecular complexity index is 615. The third kappa shape index (κ3) is 4.94. The van der Waals surface area contributed by atoms with Crippen LogP contribution in [0.3, 0.4) is 0 Å². The largest absolute Gasteiger partial charge is 0.381 e. The maximum absolute atomic E-state index is 5.46. The summed E-state index contributed by atoms with van der Waals surface area (Å²) < 4.78 is 5.46. The lowest BCUT2D eigenvalue weighted by Crippen LogP contribution is -2.10. The Labute approximate surface area is 142 Å². The minimum absolute atomic E-state index is 0.421. The molecule has 1 aliphatic heterocycles. The number of aryl methyl sites for hydroxylation is 1. The molecule has 0 radical (unpaired) electrons. The highest BCUT2D eigenvalue weighted by Gasteiger charge is 2.20. The van der Waals surface area contributed by atoms with Gasteiger partial charge in [-0.05, 0) is 18.9 Å². The van der Waals surface area contributed by atoms with Gasteiger partial charge in [-0.15, -0.1) is 0 Å². The van der Waals surface area contributed by atoms with Crippen LogP contribution in [0.15, 0.2) is 36.4 Å². The fourth-order valence-corrected chi connectivity index (χ4v) is 3.49. The monoisotopic (exact) mass is 329 g/mol. The van der Waals surface area contributed by atoms with Gasteiger partial charge in [0.1, 0.15) is 11.6 Å². The van der Waals surface area contributed by atoms with E-state index in [-0.39, 0.29) is 0 Å². The summed E-state index contributed by atoms with van der Waals surface area (Å²) in [6, 6.07) is 12.7. The predicted octanol–water partition coefficient (Wildman–Crippen LogP) is 3.63. The molecule has 0 bridgehead atoms. The van der Waals surface area contributed by atoms with Crippen molar-refractivity contribution in [3.05, 3.63) is 53.5 Å². The average molecular weight is 329 g/mol. The first-order valence-electron chi connectivity index (χ1n) is 8.10. The third-order valence-corrected chi connectivity index (χ3v) is 4.90. The normalized spacial score (nSPS) is 17.3. The SMILES string of the molecule is Cc1nc(NCCSCc2ccccc2)cc([C@@H]2CCOC2)n1. The summed E-state index contributed by atoms with van der Waals surface area (Å²) in [7, 11) is 0. The van der Waals surface area contributed by atoms with Crippen molar-refractivity contribution in [2.24, 2.45) is 0 Å². The van der Waals surface area contributed by atoms with Gasteiger partial charge < -0.3 is 10.1 Å². The van der Waals surface area contributed by atoms with Crippen molar-refractivity contribution in [2.75, 3.05) is 30.8 Å². The first kappa shape index (κ1) is 16.3. The number of hydrogen-bond acceptors (Lipinski definition) is 5. The minimum Gasteiger partial charge on any atom is -0.381 e. The molecule has 0 saturated carbocycles. The fourth-order valence-electron chi connectivity index (χ4n) is 2.67. The van der Waals surface area contributed by atoms with Gasteiger partial charge in [0.2, 0.25) is 0 Å². The maximum atomic E-state index is 5.46. The van der Waals surface area contributed by atoms with Gasteiger partial charge in [0, 0.05) is 36.6 Å². The number of nitrogens with zero attached hydrogens (tertiary/aromatic N) is 2. The molecule has 1 N–H and O–H groups in total. The van der Waals surface area contributed by atoms with E-state index in [2.05, 4.69) is 51.7 Å². The van der Waals surface area contributed by atoms with E-state index in [1.165, 1.54) is 5.56 Å². The number of rotatable bonds is 7. The number of anilines is 1. The molecule has 122 valence electrons. The molecule has 1 saturated heterocycles. The number of ether oxygens (including phenoxy) is 1. The van der Waals surface area contributed by atoms with Crippen molar-refractivity contribution < 1.29 is 4.74 Å². The average Bonchev–Trinajstić information content (AvgIpc) is 3.10. The van der Waals surface area contributed by atoms with E-state index in [0.29, 0.717) is 5.92 Å². The van der Waals surface area contributed by atoms with Crippen LogP contribution in [0.4, 0.5) is 5.82 Å². The summed E-state index contributed by atoms with van der Waals surface area (Å²) in [6.07, 6.45) is 1.06. The highest BCUT2D eigenvalue weighted by Crippen LogP contribution is 2.25. The lowest BCUT2D eigenvalue weighted by Gasteiger charge is -2.11. The lowest BCUT2D eigenvalue weighted by atomic mass is 10.0. The van der Waals surface area contributed by atoms with Crippen LogP contribution in [0.2, 0.25) is 0 Å². The van der Waals surface area contributed by atoms with E-state index in [9.17, 15) is 0 Å². The van der Waals surface area contributed by atoms with Gasteiger partial charge >= 0.3 is 0 Å². The van der Waals surface area contributed by atoms with Crippen LogP contribution in [-0.4, -0.2) is 35.5 Å². The van der Waals surface area contributed by atoms with Gasteiger partial charge in [-0.3, -0.25) is 0 Å². The smallest absolute Gasteiger partial charge is 0.129 e. The van der Waals surface area contributed by atoms with Gasteiger partial charge in [0.25, 0.3) is 0 Å². The summed E-state index contributed by atoms with van der Waals surface area (Å²) in [5, 5.41) is 3.42. The van der Waals surface area contributed by atoms with Crippen molar-refractivity contribution >= 4 is 17.6 Å². The molecule has 3 rings (SSSR count). The second-order valence-corrected chi connectivity index (χ2v) is 6.86. The van der Waals surface area contributed by atoms with Gasteiger partial charge in [-0.25, -0.2) is 9.97 Å². The molecule has 0 aliphatic carbocycles. The molecule has 0 spiro atoms. The van der Waals surface area contributed by atoms with Crippen molar-refractivity contribution in [3.63, 3.8) is 0 Å². The number of thioether (sulfide) groups is 1. The van der Waals surface area contributed by atoms with Crippen LogP contribution < -0.4 is 5.32 Å². The van der Waals surface area contributed by atoms with E-state index in [0.717, 1.165) is 55.0 Å². The highest BCUT2D eigenvalue weighted by atomic mass is 32.2. The zero-order valence-corrected chi connectivity index (χ0v) is 14.3. The van der Waals surface area contributed by atoms with E-state index < -0.39 is 0 Å². The van der Waals surface area contributed by atoms with Crippen LogP contribution in [0.1, 0.15) is 29.4 Å². The second-order valence-electron chi connectivity index (χ2n) is 5.75. The van der Waals surface area contributed by atoms with Crippen LogP contribution >= 0.6 is 11.8 Å². The second kappa shape index (κ2) is 8.31. The molecule has 0 unspecified atom stereocenters. The van der Waals surface area contributed by atoms with Crippen LogP contribution in [0.25, 0.3) is 0 Å². The Balaban J connectivity index is 1.46. The van der Waals surface area contributed by atoms with E-state index in [4.69, 9.17) is 4.74 Å². The topological polar surface area (TPSA) is 47.0 Å². The maximum Gasteiger partial charge on any atom is 0.129 e. The molecular formula is C18H23N3OS. The van der Waals surface area contributed by atoms with Crippen molar-refractivity contribution in [3.8, 4) is 0 Å². The molecule has 23 heavy (non-hydrogen) atoms. The Morgan fingerprint density at radius 1 is 1.26 bits per heavy atom. The Hall–Kier alpha value is -1.59. The van der Waals surface area contributed by atoms with E-state index in [1.54, 1.807) is 0 Å². The van der Waals surface area contributed by atoms with Crippen LogP contribution in [0, 0.1) is 6.92 Å². The quantitative estimate of drug-likeness (QED) is 0.786. The molecule has 1 fully saturated rings. The summed E-state index contributed by atoms with van der Waals surface area (Å²) in [4.78, 5) is 9.05. The van der Waals surface area contributed by atoms with Gasteiger partial charge in [-0.2, -0.15) is 11.8 Å². The summed E-state index contributed by atoms with van der Waals surface area (Å²) in [5.74, 6) is 4.29. The zero-order valence-electron chi connectivity index (χ0n) is 13.5. The molecule has 0 amide bonds. The molecule has 1 aromatic heterocycles. The van der Waals surface area contributed by atoms with Gasteiger partial charge in [0.05, 0.1) is 12.3 Å². The number of hydrogen-bond donors (Lipinski definition) is 1. The van der Waals surface area contributed by atoms with Crippen molar-refractivity contribution in [1.29, 1.82) is 0 Å². The first-order chi connectivity index (χ1) is 11.3.